The van der Waals surface area contributed by atoms with Gasteiger partial charge in [0.15, 0.2) is 0 Å². The Morgan fingerprint density at radius 2 is 1.87 bits per heavy atom. The molecule has 0 saturated carbocycles. The second-order valence-corrected chi connectivity index (χ2v) is 5.18. The Labute approximate surface area is 90.7 Å². The Kier molecular flexibility index (Phi) is 5.77. The minimum atomic E-state index is -3.62. The van der Waals surface area contributed by atoms with E-state index in [2.05, 4.69) is 0 Å². The molecule has 0 aromatic heterocycles. The van der Waals surface area contributed by atoms with Crippen molar-refractivity contribution in [1.82, 2.24) is 8.61 Å². The van der Waals surface area contributed by atoms with Crippen LogP contribution in [0.3, 0.4) is 0 Å². The van der Waals surface area contributed by atoms with Crippen LogP contribution < -0.4 is 0 Å². The van der Waals surface area contributed by atoms with Crippen LogP contribution in [0.25, 0.3) is 0 Å². The van der Waals surface area contributed by atoms with Crippen molar-refractivity contribution in [2.24, 2.45) is 0 Å². The minimum absolute atomic E-state index is 0.221. The zero-order chi connectivity index (χ0) is 12.1. The third kappa shape index (κ3) is 4.15. The molecular weight excluding hydrogens is 220 g/mol. The first-order valence-electron chi connectivity index (χ1n) is 4.79. The molecule has 0 aromatic carbocycles. The predicted molar refractivity (Wildman–Crippen MR) is 56.7 cm³/mol. The topological polar surface area (TPSA) is 77.9 Å². The van der Waals surface area contributed by atoms with Crippen molar-refractivity contribution in [3.8, 4) is 0 Å². The number of rotatable bonds is 7. The van der Waals surface area contributed by atoms with E-state index in [-0.39, 0.29) is 6.54 Å². The molecular formula is C8H18N2O4S. The molecule has 0 fully saturated rings. The van der Waals surface area contributed by atoms with Gasteiger partial charge in [0.2, 0.25) is 0 Å². The van der Waals surface area contributed by atoms with Crippen LogP contribution in [0.2, 0.25) is 0 Å². The Balaban J connectivity index is 4.81. The number of hydrogen-bond acceptors (Lipinski definition) is 3. The quantitative estimate of drug-likeness (QED) is 0.676. The molecule has 0 rings (SSSR count). The third-order valence-electron chi connectivity index (χ3n) is 1.95. The minimum Gasteiger partial charge on any atom is -0.480 e. The van der Waals surface area contributed by atoms with E-state index in [9.17, 15) is 13.2 Å². The molecule has 7 heteroatoms. The highest BCUT2D eigenvalue weighted by Gasteiger charge is 2.26. The molecule has 0 saturated heterocycles. The predicted octanol–water partition coefficient (Wildman–Crippen LogP) is -0.0205. The molecule has 0 heterocycles. The lowest BCUT2D eigenvalue weighted by Crippen LogP contribution is -2.44. The molecule has 6 nitrogen and oxygen atoms in total. The second kappa shape index (κ2) is 6.04. The normalized spacial score (nSPS) is 12.3. The van der Waals surface area contributed by atoms with Gasteiger partial charge in [-0.2, -0.15) is 17.0 Å². The fourth-order valence-corrected chi connectivity index (χ4v) is 2.44. The summed E-state index contributed by atoms with van der Waals surface area (Å²) in [5.41, 5.74) is 0. The largest absolute Gasteiger partial charge is 0.480 e. The summed E-state index contributed by atoms with van der Waals surface area (Å²) in [5.74, 6) is -1.14. The van der Waals surface area contributed by atoms with Crippen LogP contribution in [0.4, 0.5) is 0 Å². The van der Waals surface area contributed by atoms with Crippen molar-refractivity contribution < 1.29 is 18.3 Å². The van der Waals surface area contributed by atoms with Crippen molar-refractivity contribution in [3.63, 3.8) is 0 Å². The molecule has 0 spiro atoms. The molecule has 90 valence electrons. The van der Waals surface area contributed by atoms with Crippen molar-refractivity contribution in [2.45, 2.75) is 20.3 Å². The number of carboxylic acids is 1. The van der Waals surface area contributed by atoms with Gasteiger partial charge >= 0.3 is 5.97 Å². The van der Waals surface area contributed by atoms with E-state index < -0.39 is 22.7 Å². The van der Waals surface area contributed by atoms with Gasteiger partial charge in [-0.15, -0.1) is 0 Å². The van der Waals surface area contributed by atoms with Gasteiger partial charge in [0.1, 0.15) is 6.54 Å². The summed E-state index contributed by atoms with van der Waals surface area (Å²) in [6.45, 7) is 3.56. The van der Waals surface area contributed by atoms with Gasteiger partial charge in [0.25, 0.3) is 10.2 Å². The molecule has 0 aromatic rings. The second-order valence-electron chi connectivity index (χ2n) is 3.15. The lowest BCUT2D eigenvalue weighted by atomic mass is 10.5. The summed E-state index contributed by atoms with van der Waals surface area (Å²) in [6, 6.07) is 0. The van der Waals surface area contributed by atoms with Gasteiger partial charge in [0.05, 0.1) is 0 Å². The van der Waals surface area contributed by atoms with Crippen LogP contribution in [-0.4, -0.2) is 54.8 Å². The Hall–Kier alpha value is -0.660. The average Bonchev–Trinajstić information content (AvgIpc) is 2.15. The van der Waals surface area contributed by atoms with E-state index in [1.165, 1.54) is 7.05 Å². The van der Waals surface area contributed by atoms with Crippen LogP contribution in [0, 0.1) is 0 Å². The summed E-state index contributed by atoms with van der Waals surface area (Å²) in [5, 5.41) is 8.60. The highest BCUT2D eigenvalue weighted by molar-refractivity contribution is 7.86. The highest BCUT2D eigenvalue weighted by atomic mass is 32.2. The van der Waals surface area contributed by atoms with Crippen LogP contribution in [0.5, 0.6) is 0 Å². The van der Waals surface area contributed by atoms with Gasteiger partial charge in [-0.1, -0.05) is 13.8 Å². The van der Waals surface area contributed by atoms with E-state index in [1.54, 1.807) is 13.8 Å². The summed E-state index contributed by atoms with van der Waals surface area (Å²) in [4.78, 5) is 10.5. The SMILES string of the molecule is CCCN(CC(=O)O)S(=O)(=O)N(C)CC. The van der Waals surface area contributed by atoms with Crippen LogP contribution in [0.1, 0.15) is 20.3 Å². The fourth-order valence-electron chi connectivity index (χ4n) is 1.04. The molecule has 15 heavy (non-hydrogen) atoms. The first-order valence-corrected chi connectivity index (χ1v) is 6.19. The van der Waals surface area contributed by atoms with Crippen molar-refractivity contribution >= 4 is 16.2 Å². The molecule has 0 bridgehead atoms. The van der Waals surface area contributed by atoms with E-state index >= 15 is 0 Å². The monoisotopic (exact) mass is 238 g/mol. The molecule has 0 radical (unpaired) electrons. The number of carboxylic acid groups (broad SMARTS) is 1. The van der Waals surface area contributed by atoms with E-state index in [0.717, 1.165) is 8.61 Å². The van der Waals surface area contributed by atoms with E-state index in [0.29, 0.717) is 13.0 Å². The van der Waals surface area contributed by atoms with Crippen molar-refractivity contribution in [2.75, 3.05) is 26.7 Å². The Morgan fingerprint density at radius 1 is 1.33 bits per heavy atom. The molecule has 1 N–H and O–H groups in total. The summed E-state index contributed by atoms with van der Waals surface area (Å²) < 4.78 is 25.7. The third-order valence-corrected chi connectivity index (χ3v) is 3.96. The average molecular weight is 238 g/mol. The van der Waals surface area contributed by atoms with Gasteiger partial charge in [-0.3, -0.25) is 4.79 Å². The van der Waals surface area contributed by atoms with Crippen LogP contribution >= 0.6 is 0 Å². The molecule has 0 aliphatic carbocycles. The Morgan fingerprint density at radius 3 is 2.20 bits per heavy atom. The zero-order valence-electron chi connectivity index (χ0n) is 9.30. The van der Waals surface area contributed by atoms with Crippen LogP contribution in [0.15, 0.2) is 0 Å². The molecule has 0 atom stereocenters. The number of nitrogens with zero attached hydrogens (tertiary/aromatic N) is 2. The Bertz CT molecular complexity index is 302. The first kappa shape index (κ1) is 14.3. The summed E-state index contributed by atoms with van der Waals surface area (Å²) >= 11 is 0. The fraction of sp³-hybridized carbons (Fsp3) is 0.875. The maximum Gasteiger partial charge on any atom is 0.318 e. The molecule has 0 aliphatic heterocycles. The van der Waals surface area contributed by atoms with Gasteiger partial charge in [-0.05, 0) is 6.42 Å². The van der Waals surface area contributed by atoms with Crippen molar-refractivity contribution in [3.05, 3.63) is 0 Å². The van der Waals surface area contributed by atoms with Gasteiger partial charge in [0, 0.05) is 20.1 Å². The molecule has 0 amide bonds. The lowest BCUT2D eigenvalue weighted by Gasteiger charge is -2.24. The van der Waals surface area contributed by atoms with Gasteiger partial charge < -0.3 is 5.11 Å². The maximum absolute atomic E-state index is 11.8. The number of aliphatic carboxylic acids is 1. The number of carbonyl (C=O) groups is 1. The van der Waals surface area contributed by atoms with E-state index in [4.69, 9.17) is 5.11 Å². The number of hydrogen-bond donors (Lipinski definition) is 1. The van der Waals surface area contributed by atoms with Gasteiger partial charge in [-0.25, -0.2) is 0 Å². The smallest absolute Gasteiger partial charge is 0.318 e. The summed E-state index contributed by atoms with van der Waals surface area (Å²) in [7, 11) is -2.19. The van der Waals surface area contributed by atoms with E-state index in [1.807, 2.05) is 0 Å². The molecule has 0 unspecified atom stereocenters. The first-order chi connectivity index (χ1) is 6.86. The zero-order valence-corrected chi connectivity index (χ0v) is 10.1. The molecule has 0 aliphatic rings. The maximum atomic E-state index is 11.8. The van der Waals surface area contributed by atoms with Crippen molar-refractivity contribution in [1.29, 1.82) is 0 Å². The lowest BCUT2D eigenvalue weighted by molar-refractivity contribution is -0.137. The summed E-state index contributed by atoms with van der Waals surface area (Å²) in [6.07, 6.45) is 0.587. The van der Waals surface area contributed by atoms with Crippen LogP contribution in [-0.2, 0) is 15.0 Å². The standard InChI is InChI=1S/C8H18N2O4S/c1-4-6-10(7-8(11)12)15(13,14)9(3)5-2/h4-7H2,1-3H3,(H,11,12). The highest BCUT2D eigenvalue weighted by Crippen LogP contribution is 2.06.